The zero-order chi connectivity index (χ0) is 11.6. The molecule has 0 aromatic carbocycles. The zero-order valence-electron chi connectivity index (χ0n) is 10.6. The molecular weight excluding hydrogens is 196 g/mol. The molecule has 1 aromatic rings. The summed E-state index contributed by atoms with van der Waals surface area (Å²) in [5.74, 6) is 0.780. The number of nitrogens with one attached hydrogen (secondary N) is 1. The number of aromatic nitrogens is 1. The highest BCUT2D eigenvalue weighted by Gasteiger charge is 2.18. The number of hydrogen-bond acceptors (Lipinski definition) is 2. The van der Waals surface area contributed by atoms with Crippen molar-refractivity contribution in [2.75, 3.05) is 13.1 Å². The Labute approximate surface area is 98.5 Å². The standard InChI is InChI=1S/C14H22N2/c1-14(2,3)12-5-7-16-13(9-12)8-11-4-6-15-10-11/h5,7,9,11,15H,4,6,8,10H2,1-3H3. The monoisotopic (exact) mass is 218 g/mol. The molecule has 1 fully saturated rings. The summed E-state index contributed by atoms with van der Waals surface area (Å²) < 4.78 is 0. The molecule has 2 nitrogen and oxygen atoms in total. The second-order valence-electron chi connectivity index (χ2n) is 5.85. The molecule has 1 aliphatic rings. The predicted octanol–water partition coefficient (Wildman–Crippen LogP) is 2.53. The molecule has 88 valence electrons. The van der Waals surface area contributed by atoms with Gasteiger partial charge in [0.05, 0.1) is 0 Å². The molecule has 0 spiro atoms. The highest BCUT2D eigenvalue weighted by Crippen LogP contribution is 2.23. The second kappa shape index (κ2) is 4.54. The van der Waals surface area contributed by atoms with Crippen molar-refractivity contribution < 1.29 is 0 Å². The molecule has 16 heavy (non-hydrogen) atoms. The van der Waals surface area contributed by atoms with Crippen LogP contribution in [0.1, 0.15) is 38.4 Å². The minimum absolute atomic E-state index is 0.228. The molecule has 0 aliphatic carbocycles. The van der Waals surface area contributed by atoms with Gasteiger partial charge in [0, 0.05) is 11.9 Å². The Morgan fingerprint density at radius 1 is 1.44 bits per heavy atom. The van der Waals surface area contributed by atoms with Crippen LogP contribution in [0, 0.1) is 5.92 Å². The van der Waals surface area contributed by atoms with E-state index in [4.69, 9.17) is 0 Å². The lowest BCUT2D eigenvalue weighted by Gasteiger charge is -2.19. The molecule has 0 amide bonds. The van der Waals surface area contributed by atoms with Crippen molar-refractivity contribution in [3.8, 4) is 0 Å². The summed E-state index contributed by atoms with van der Waals surface area (Å²) in [4.78, 5) is 4.49. The van der Waals surface area contributed by atoms with Crippen LogP contribution >= 0.6 is 0 Å². The SMILES string of the molecule is CC(C)(C)c1ccnc(CC2CCNC2)c1. The Morgan fingerprint density at radius 3 is 2.88 bits per heavy atom. The van der Waals surface area contributed by atoms with Crippen molar-refractivity contribution in [3.05, 3.63) is 29.6 Å². The van der Waals surface area contributed by atoms with Gasteiger partial charge in [-0.25, -0.2) is 0 Å². The Kier molecular flexibility index (Phi) is 3.29. The lowest BCUT2D eigenvalue weighted by molar-refractivity contribution is 0.562. The van der Waals surface area contributed by atoms with Crippen molar-refractivity contribution in [3.63, 3.8) is 0 Å². The first-order chi connectivity index (χ1) is 7.55. The quantitative estimate of drug-likeness (QED) is 0.825. The molecule has 0 bridgehead atoms. The van der Waals surface area contributed by atoms with Gasteiger partial charge in [0.2, 0.25) is 0 Å². The Morgan fingerprint density at radius 2 is 2.25 bits per heavy atom. The topological polar surface area (TPSA) is 24.9 Å². The Balaban J connectivity index is 2.09. The summed E-state index contributed by atoms with van der Waals surface area (Å²) >= 11 is 0. The average molecular weight is 218 g/mol. The summed E-state index contributed by atoms with van der Waals surface area (Å²) in [6, 6.07) is 4.41. The fourth-order valence-electron chi connectivity index (χ4n) is 2.24. The summed E-state index contributed by atoms with van der Waals surface area (Å²) in [7, 11) is 0. The van der Waals surface area contributed by atoms with Crippen LogP contribution in [0.15, 0.2) is 18.3 Å². The van der Waals surface area contributed by atoms with Gasteiger partial charge < -0.3 is 5.32 Å². The fourth-order valence-corrected chi connectivity index (χ4v) is 2.24. The van der Waals surface area contributed by atoms with Crippen LogP contribution in [0.2, 0.25) is 0 Å². The van der Waals surface area contributed by atoms with Crippen LogP contribution < -0.4 is 5.32 Å². The third kappa shape index (κ3) is 2.82. The molecule has 0 radical (unpaired) electrons. The smallest absolute Gasteiger partial charge is 0.0409 e. The van der Waals surface area contributed by atoms with Gasteiger partial charge in [-0.15, -0.1) is 0 Å². The van der Waals surface area contributed by atoms with Crippen LogP contribution in [-0.4, -0.2) is 18.1 Å². The van der Waals surface area contributed by atoms with E-state index in [9.17, 15) is 0 Å². The first kappa shape index (κ1) is 11.6. The van der Waals surface area contributed by atoms with Crippen molar-refractivity contribution in [1.82, 2.24) is 10.3 Å². The number of rotatable bonds is 2. The molecule has 1 aromatic heterocycles. The largest absolute Gasteiger partial charge is 0.316 e. The summed E-state index contributed by atoms with van der Waals surface area (Å²) in [6.07, 6.45) is 4.37. The molecule has 1 atom stereocenters. The summed E-state index contributed by atoms with van der Waals surface area (Å²) in [5.41, 5.74) is 2.87. The van der Waals surface area contributed by atoms with Crippen LogP contribution in [0.5, 0.6) is 0 Å². The van der Waals surface area contributed by atoms with E-state index in [1.54, 1.807) is 0 Å². The Bertz CT molecular complexity index is 346. The lowest BCUT2D eigenvalue weighted by atomic mass is 9.86. The van der Waals surface area contributed by atoms with Crippen LogP contribution in [0.3, 0.4) is 0 Å². The van der Waals surface area contributed by atoms with E-state index < -0.39 is 0 Å². The average Bonchev–Trinajstić information content (AvgIpc) is 2.70. The van der Waals surface area contributed by atoms with Gasteiger partial charge >= 0.3 is 0 Å². The van der Waals surface area contributed by atoms with Gasteiger partial charge in [0.15, 0.2) is 0 Å². The van der Waals surface area contributed by atoms with Crippen molar-refractivity contribution >= 4 is 0 Å². The molecule has 1 saturated heterocycles. The van der Waals surface area contributed by atoms with Gasteiger partial charge in [-0.3, -0.25) is 4.98 Å². The van der Waals surface area contributed by atoms with E-state index in [2.05, 4.69) is 43.2 Å². The number of hydrogen-bond donors (Lipinski definition) is 1. The normalized spacial score (nSPS) is 21.3. The molecule has 1 N–H and O–H groups in total. The molecule has 2 heteroatoms. The maximum absolute atomic E-state index is 4.49. The minimum atomic E-state index is 0.228. The number of pyridine rings is 1. The van der Waals surface area contributed by atoms with Gasteiger partial charge in [-0.05, 0) is 55.0 Å². The molecule has 2 heterocycles. The first-order valence-corrected chi connectivity index (χ1v) is 6.22. The van der Waals surface area contributed by atoms with Gasteiger partial charge in [-0.2, -0.15) is 0 Å². The maximum atomic E-state index is 4.49. The van der Waals surface area contributed by atoms with Crippen LogP contribution in [-0.2, 0) is 11.8 Å². The molecule has 1 aliphatic heterocycles. The van der Waals surface area contributed by atoms with E-state index in [0.29, 0.717) is 0 Å². The van der Waals surface area contributed by atoms with Crippen molar-refractivity contribution in [2.45, 2.75) is 39.0 Å². The molecule has 0 saturated carbocycles. The van der Waals surface area contributed by atoms with E-state index in [1.807, 2.05) is 6.20 Å². The molecule has 1 unspecified atom stereocenters. The van der Waals surface area contributed by atoms with Gasteiger partial charge in [-0.1, -0.05) is 20.8 Å². The molecule has 2 rings (SSSR count). The third-order valence-corrected chi connectivity index (χ3v) is 3.34. The maximum Gasteiger partial charge on any atom is 0.0409 e. The third-order valence-electron chi connectivity index (χ3n) is 3.34. The van der Waals surface area contributed by atoms with Gasteiger partial charge in [0.25, 0.3) is 0 Å². The zero-order valence-corrected chi connectivity index (χ0v) is 10.6. The van der Waals surface area contributed by atoms with Gasteiger partial charge in [0.1, 0.15) is 0 Å². The van der Waals surface area contributed by atoms with Crippen LogP contribution in [0.25, 0.3) is 0 Å². The number of nitrogens with zero attached hydrogens (tertiary/aromatic N) is 1. The highest BCUT2D eigenvalue weighted by molar-refractivity contribution is 5.23. The summed E-state index contributed by atoms with van der Waals surface area (Å²) in [6.45, 7) is 9.08. The first-order valence-electron chi connectivity index (χ1n) is 6.22. The highest BCUT2D eigenvalue weighted by atomic mass is 14.9. The van der Waals surface area contributed by atoms with Crippen molar-refractivity contribution in [2.24, 2.45) is 5.92 Å². The molecular formula is C14H22N2. The minimum Gasteiger partial charge on any atom is -0.316 e. The van der Waals surface area contributed by atoms with Crippen molar-refractivity contribution in [1.29, 1.82) is 0 Å². The van der Waals surface area contributed by atoms with Crippen LogP contribution in [0.4, 0.5) is 0 Å². The van der Waals surface area contributed by atoms with E-state index in [-0.39, 0.29) is 5.41 Å². The van der Waals surface area contributed by atoms with E-state index >= 15 is 0 Å². The summed E-state index contributed by atoms with van der Waals surface area (Å²) in [5, 5.41) is 3.41. The van der Waals surface area contributed by atoms with E-state index in [1.165, 1.54) is 24.2 Å². The lowest BCUT2D eigenvalue weighted by Crippen LogP contribution is -2.14. The Hall–Kier alpha value is -0.890. The fraction of sp³-hybridized carbons (Fsp3) is 0.643. The second-order valence-corrected chi connectivity index (χ2v) is 5.85. The van der Waals surface area contributed by atoms with E-state index in [0.717, 1.165) is 18.9 Å². The predicted molar refractivity (Wildman–Crippen MR) is 67.6 cm³/mol.